The highest BCUT2D eigenvalue weighted by Crippen LogP contribution is 2.34. The lowest BCUT2D eigenvalue weighted by Crippen LogP contribution is -2.29. The number of allylic oxidation sites excluding steroid dienone is 1. The Hall–Kier alpha value is -1.47. The molecule has 4 rings (SSSR count). The summed E-state index contributed by atoms with van der Waals surface area (Å²) in [6.07, 6.45) is 1.52. The van der Waals surface area contributed by atoms with E-state index in [2.05, 4.69) is 4.52 Å². The van der Waals surface area contributed by atoms with Crippen molar-refractivity contribution in [3.05, 3.63) is 23.2 Å². The van der Waals surface area contributed by atoms with E-state index in [4.69, 9.17) is 9.79 Å². The number of carbonyl (C=O) groups is 2. The highest BCUT2D eigenvalue weighted by molar-refractivity contribution is 7.39. The first-order valence-electron chi connectivity index (χ1n) is 8.78. The molecule has 0 atom stereocenters. The molecule has 26 heavy (non-hydrogen) atoms. The highest BCUT2D eigenvalue weighted by Gasteiger charge is 2.43. The van der Waals surface area contributed by atoms with Crippen molar-refractivity contribution in [3.63, 3.8) is 0 Å². The molecule has 2 N–H and O–H groups in total. The van der Waals surface area contributed by atoms with Crippen LogP contribution in [0.4, 0.5) is 0 Å². The van der Waals surface area contributed by atoms with E-state index in [1.807, 2.05) is 35.5 Å². The van der Waals surface area contributed by atoms with Crippen LogP contribution in [0.2, 0.25) is 0 Å². The second-order valence-corrected chi connectivity index (χ2v) is 8.73. The van der Waals surface area contributed by atoms with Crippen LogP contribution in [0.15, 0.2) is 23.2 Å². The Morgan fingerprint density at radius 3 is 1.85 bits per heavy atom. The molecule has 0 unspecified atom stereocenters. The molecule has 8 nitrogen and oxygen atoms in total. The lowest BCUT2D eigenvalue weighted by Gasteiger charge is -2.21. The van der Waals surface area contributed by atoms with Crippen molar-refractivity contribution in [1.82, 2.24) is 14.7 Å². The third-order valence-electron chi connectivity index (χ3n) is 4.10. The molecular weight excluding hydrogens is 357 g/mol. The molecule has 0 radical (unpaired) electrons. The summed E-state index contributed by atoms with van der Waals surface area (Å²) in [4.78, 5) is 47.1. The summed E-state index contributed by atoms with van der Waals surface area (Å²) in [6.45, 7) is 11.7. The van der Waals surface area contributed by atoms with Crippen LogP contribution in [-0.4, -0.2) is 81.9 Å². The molecule has 0 spiro atoms. The van der Waals surface area contributed by atoms with Gasteiger partial charge in [0.1, 0.15) is 11.4 Å². The van der Waals surface area contributed by atoms with Crippen LogP contribution in [-0.2, 0) is 14.1 Å². The predicted molar refractivity (Wildman–Crippen MR) is 96.6 cm³/mol. The number of carbonyl (C=O) groups excluding carboxylic acids is 2. The Labute approximate surface area is 154 Å². The molecule has 0 aromatic heterocycles. The standard InChI is InChI=1S/C12H13N3O2.C5H13O3P/c16-9-7-8(13-1-2-13)12(17)11(15-5-6-15)10(9)14-3-4-14;1-5(2,3)4-8-9(6)7/h7H,1-6H2;6-7H,4H2,1-3H3. The van der Waals surface area contributed by atoms with Gasteiger partial charge in [-0.2, -0.15) is 0 Å². The van der Waals surface area contributed by atoms with E-state index in [1.165, 1.54) is 6.08 Å². The smallest absolute Gasteiger partial charge is 0.327 e. The zero-order valence-corrected chi connectivity index (χ0v) is 16.3. The fraction of sp³-hybridized carbons (Fsp3) is 0.647. The molecule has 3 heterocycles. The predicted octanol–water partition coefficient (Wildman–Crippen LogP) is 0.441. The maximum Gasteiger partial charge on any atom is 0.327 e. The van der Waals surface area contributed by atoms with Gasteiger partial charge in [0.15, 0.2) is 0 Å². The number of hydrogen-bond acceptors (Lipinski definition) is 8. The summed E-state index contributed by atoms with van der Waals surface area (Å²) in [6, 6.07) is 0. The Balaban J connectivity index is 0.000000188. The van der Waals surface area contributed by atoms with Crippen LogP contribution in [0.1, 0.15) is 20.8 Å². The summed E-state index contributed by atoms with van der Waals surface area (Å²) >= 11 is 0. The van der Waals surface area contributed by atoms with E-state index < -0.39 is 8.60 Å². The molecule has 3 aliphatic heterocycles. The van der Waals surface area contributed by atoms with E-state index in [1.54, 1.807) is 0 Å². The number of Topliss-reactive ketones (excluding diaryl/α,β-unsaturated/α-hetero) is 1. The van der Waals surface area contributed by atoms with Crippen LogP contribution in [0.5, 0.6) is 0 Å². The largest absolute Gasteiger partial charge is 0.365 e. The van der Waals surface area contributed by atoms with Crippen LogP contribution < -0.4 is 0 Å². The first-order chi connectivity index (χ1) is 12.2. The second kappa shape index (κ2) is 7.27. The van der Waals surface area contributed by atoms with Gasteiger partial charge in [-0.3, -0.25) is 9.59 Å². The monoisotopic (exact) mass is 383 g/mol. The number of hydrogen-bond donors (Lipinski definition) is 2. The average molecular weight is 383 g/mol. The SMILES string of the molecule is CC(C)(C)COP(O)O.O=C1C=C(N2CC2)C(=O)C(N2CC2)=C1N1CC1. The summed E-state index contributed by atoms with van der Waals surface area (Å²) in [5.41, 5.74) is 1.89. The van der Waals surface area contributed by atoms with Crippen molar-refractivity contribution in [2.75, 3.05) is 45.9 Å². The van der Waals surface area contributed by atoms with Crippen molar-refractivity contribution >= 4 is 20.2 Å². The van der Waals surface area contributed by atoms with Gasteiger partial charge in [0.25, 0.3) is 0 Å². The van der Waals surface area contributed by atoms with Crippen molar-refractivity contribution in [3.8, 4) is 0 Å². The lowest BCUT2D eigenvalue weighted by atomic mass is 9.99. The Morgan fingerprint density at radius 1 is 0.962 bits per heavy atom. The van der Waals surface area contributed by atoms with E-state index in [9.17, 15) is 9.59 Å². The average Bonchev–Trinajstić information content (AvgIpc) is 3.34. The van der Waals surface area contributed by atoms with Gasteiger partial charge in [-0.15, -0.1) is 0 Å². The zero-order valence-electron chi connectivity index (χ0n) is 15.4. The fourth-order valence-electron chi connectivity index (χ4n) is 2.53. The normalized spacial score (nSPS) is 21.8. The Bertz CT molecular complexity index is 656. The van der Waals surface area contributed by atoms with Gasteiger partial charge in [-0.1, -0.05) is 20.8 Å². The number of rotatable bonds is 5. The van der Waals surface area contributed by atoms with Crippen molar-refractivity contribution in [1.29, 1.82) is 0 Å². The third-order valence-corrected chi connectivity index (χ3v) is 4.46. The summed E-state index contributed by atoms with van der Waals surface area (Å²) in [7, 11) is -2.16. The van der Waals surface area contributed by atoms with E-state index >= 15 is 0 Å². The van der Waals surface area contributed by atoms with Crippen LogP contribution in [0, 0.1) is 5.41 Å². The van der Waals surface area contributed by atoms with E-state index in [0.29, 0.717) is 23.7 Å². The minimum absolute atomic E-state index is 0.00546. The number of ketones is 2. The van der Waals surface area contributed by atoms with Crippen molar-refractivity contribution in [2.24, 2.45) is 5.41 Å². The van der Waals surface area contributed by atoms with Crippen LogP contribution in [0.25, 0.3) is 0 Å². The molecule has 1 aliphatic carbocycles. The lowest BCUT2D eigenvalue weighted by molar-refractivity contribution is -0.117. The van der Waals surface area contributed by atoms with Gasteiger partial charge in [0.2, 0.25) is 11.6 Å². The van der Waals surface area contributed by atoms with Gasteiger partial charge in [-0.25, -0.2) is 0 Å². The molecule has 3 saturated heterocycles. The van der Waals surface area contributed by atoms with E-state index in [-0.39, 0.29) is 17.0 Å². The summed E-state index contributed by atoms with van der Waals surface area (Å²) in [5.74, 6) is 0.0485. The van der Waals surface area contributed by atoms with Gasteiger partial charge in [0, 0.05) is 45.3 Å². The number of nitrogens with zero attached hydrogens (tertiary/aromatic N) is 3. The molecule has 4 aliphatic rings. The summed E-state index contributed by atoms with van der Waals surface area (Å²) < 4.78 is 4.58. The van der Waals surface area contributed by atoms with Crippen molar-refractivity contribution < 1.29 is 23.9 Å². The molecule has 0 aromatic carbocycles. The molecule has 0 aromatic rings. The molecule has 0 bridgehead atoms. The Kier molecular flexibility index (Phi) is 5.40. The Morgan fingerprint density at radius 2 is 1.46 bits per heavy atom. The minimum Gasteiger partial charge on any atom is -0.365 e. The van der Waals surface area contributed by atoms with Gasteiger partial charge < -0.3 is 29.0 Å². The van der Waals surface area contributed by atoms with E-state index in [0.717, 1.165) is 39.3 Å². The maximum absolute atomic E-state index is 12.4. The molecule has 144 valence electrons. The fourth-order valence-corrected chi connectivity index (χ4v) is 3.03. The van der Waals surface area contributed by atoms with Gasteiger partial charge in [0.05, 0.1) is 12.3 Å². The molecule has 9 heteroatoms. The molecular formula is C17H26N3O5P. The van der Waals surface area contributed by atoms with Crippen molar-refractivity contribution in [2.45, 2.75) is 20.8 Å². The van der Waals surface area contributed by atoms with Gasteiger partial charge >= 0.3 is 8.60 Å². The molecule has 0 saturated carbocycles. The first-order valence-corrected chi connectivity index (χ1v) is 9.94. The highest BCUT2D eigenvalue weighted by atomic mass is 31.2. The zero-order chi connectivity index (χ0) is 19.1. The first kappa shape index (κ1) is 19.3. The summed E-state index contributed by atoms with van der Waals surface area (Å²) in [5, 5.41) is 0. The quantitative estimate of drug-likeness (QED) is 0.401. The van der Waals surface area contributed by atoms with Crippen LogP contribution in [0.3, 0.4) is 0 Å². The van der Waals surface area contributed by atoms with Crippen LogP contribution >= 0.6 is 8.60 Å². The third kappa shape index (κ3) is 5.04. The second-order valence-electron chi connectivity index (χ2n) is 7.97. The topological polar surface area (TPSA) is 92.9 Å². The maximum atomic E-state index is 12.4. The molecule has 3 fully saturated rings. The molecule has 0 amide bonds. The van der Waals surface area contributed by atoms with Gasteiger partial charge in [-0.05, 0) is 5.41 Å². The minimum atomic E-state index is -2.16.